The SMILES string of the molecule is CCOC(=O)[C@H]1C(=O)NC(N2CCN(CC)CC2)=N[C@@H]1c1ccc(OC)cc1OC. The largest absolute Gasteiger partial charge is 0.497 e. The number of piperazine rings is 1. The van der Waals surface area contributed by atoms with Crippen LogP contribution >= 0.6 is 0 Å². The van der Waals surface area contributed by atoms with Crippen molar-refractivity contribution in [1.82, 2.24) is 15.1 Å². The van der Waals surface area contributed by atoms with E-state index >= 15 is 0 Å². The Hall–Kier alpha value is -2.81. The molecule has 30 heavy (non-hydrogen) atoms. The van der Waals surface area contributed by atoms with Crippen molar-refractivity contribution < 1.29 is 23.8 Å². The highest BCUT2D eigenvalue weighted by Gasteiger charge is 2.43. The molecule has 164 valence electrons. The summed E-state index contributed by atoms with van der Waals surface area (Å²) in [6.07, 6.45) is 0. The topological polar surface area (TPSA) is 92.7 Å². The second-order valence-electron chi connectivity index (χ2n) is 7.15. The minimum Gasteiger partial charge on any atom is -0.497 e. The summed E-state index contributed by atoms with van der Waals surface area (Å²) >= 11 is 0. The van der Waals surface area contributed by atoms with E-state index in [4.69, 9.17) is 19.2 Å². The molecule has 2 aliphatic heterocycles. The van der Waals surface area contributed by atoms with Gasteiger partial charge < -0.3 is 24.0 Å². The molecule has 1 saturated heterocycles. The van der Waals surface area contributed by atoms with E-state index in [1.54, 1.807) is 32.2 Å². The maximum Gasteiger partial charge on any atom is 0.321 e. The van der Waals surface area contributed by atoms with E-state index in [2.05, 4.69) is 22.0 Å². The summed E-state index contributed by atoms with van der Waals surface area (Å²) in [5.41, 5.74) is 0.635. The number of methoxy groups -OCH3 is 2. The lowest BCUT2D eigenvalue weighted by Gasteiger charge is -2.38. The van der Waals surface area contributed by atoms with Crippen molar-refractivity contribution >= 4 is 17.8 Å². The Labute approximate surface area is 177 Å². The predicted molar refractivity (Wildman–Crippen MR) is 112 cm³/mol. The summed E-state index contributed by atoms with van der Waals surface area (Å²) in [5.74, 6) is -0.506. The van der Waals surface area contributed by atoms with Gasteiger partial charge in [-0.3, -0.25) is 14.9 Å². The molecule has 1 aromatic rings. The van der Waals surface area contributed by atoms with E-state index in [0.29, 0.717) is 23.0 Å². The van der Waals surface area contributed by atoms with Crippen LogP contribution < -0.4 is 14.8 Å². The second-order valence-corrected chi connectivity index (χ2v) is 7.15. The van der Waals surface area contributed by atoms with Crippen molar-refractivity contribution in [3.8, 4) is 11.5 Å². The first-order valence-electron chi connectivity index (χ1n) is 10.3. The second kappa shape index (κ2) is 9.80. The molecule has 1 amide bonds. The van der Waals surface area contributed by atoms with Gasteiger partial charge in [-0.05, 0) is 25.6 Å². The monoisotopic (exact) mass is 418 g/mol. The van der Waals surface area contributed by atoms with Gasteiger partial charge in [-0.15, -0.1) is 0 Å². The number of amides is 1. The molecule has 3 rings (SSSR count). The summed E-state index contributed by atoms with van der Waals surface area (Å²) < 4.78 is 16.0. The average Bonchev–Trinajstić information content (AvgIpc) is 2.78. The molecule has 0 unspecified atom stereocenters. The van der Waals surface area contributed by atoms with Crippen molar-refractivity contribution in [2.75, 3.05) is 53.6 Å². The molecule has 1 N–H and O–H groups in total. The van der Waals surface area contributed by atoms with E-state index in [0.717, 1.165) is 32.7 Å². The van der Waals surface area contributed by atoms with Crippen LogP contribution in [0.5, 0.6) is 11.5 Å². The minimum atomic E-state index is -1.09. The van der Waals surface area contributed by atoms with Crippen molar-refractivity contribution in [2.24, 2.45) is 10.9 Å². The van der Waals surface area contributed by atoms with Gasteiger partial charge in [0.2, 0.25) is 11.9 Å². The summed E-state index contributed by atoms with van der Waals surface area (Å²) in [6, 6.07) is 4.52. The molecule has 0 aromatic heterocycles. The van der Waals surface area contributed by atoms with Crippen molar-refractivity contribution in [2.45, 2.75) is 19.9 Å². The third-order valence-electron chi connectivity index (χ3n) is 5.51. The normalized spacial score (nSPS) is 22.2. The Morgan fingerprint density at radius 1 is 1.17 bits per heavy atom. The zero-order valence-electron chi connectivity index (χ0n) is 18.0. The summed E-state index contributed by atoms with van der Waals surface area (Å²) in [7, 11) is 3.10. The molecular formula is C21H30N4O5. The minimum absolute atomic E-state index is 0.185. The molecule has 9 heteroatoms. The smallest absolute Gasteiger partial charge is 0.321 e. The maximum atomic E-state index is 13.0. The number of ether oxygens (including phenoxy) is 3. The highest BCUT2D eigenvalue weighted by atomic mass is 16.5. The number of benzene rings is 1. The van der Waals surface area contributed by atoms with E-state index in [9.17, 15) is 9.59 Å². The zero-order chi connectivity index (χ0) is 21.7. The van der Waals surface area contributed by atoms with Crippen LogP contribution in [0.3, 0.4) is 0 Å². The lowest BCUT2D eigenvalue weighted by molar-refractivity contribution is -0.153. The quantitative estimate of drug-likeness (QED) is 0.545. The molecule has 0 aliphatic carbocycles. The van der Waals surface area contributed by atoms with Gasteiger partial charge in [0.15, 0.2) is 5.92 Å². The number of carbonyl (C=O) groups is 2. The molecule has 1 aromatic carbocycles. The molecule has 2 heterocycles. The number of aliphatic imine (C=N–C) groups is 1. The van der Waals surface area contributed by atoms with Crippen LogP contribution in [0.4, 0.5) is 0 Å². The van der Waals surface area contributed by atoms with Crippen LogP contribution in [0.25, 0.3) is 0 Å². The Morgan fingerprint density at radius 3 is 2.50 bits per heavy atom. The molecule has 0 spiro atoms. The predicted octanol–water partition coefficient (Wildman–Crippen LogP) is 1.05. The molecular weight excluding hydrogens is 388 g/mol. The average molecular weight is 418 g/mol. The first-order chi connectivity index (χ1) is 14.5. The van der Waals surface area contributed by atoms with Crippen molar-refractivity contribution in [1.29, 1.82) is 0 Å². The van der Waals surface area contributed by atoms with Crippen molar-refractivity contribution in [3.05, 3.63) is 23.8 Å². The number of rotatable bonds is 6. The van der Waals surface area contributed by atoms with E-state index in [-0.39, 0.29) is 6.61 Å². The third kappa shape index (κ3) is 4.51. The van der Waals surface area contributed by atoms with Gasteiger partial charge in [-0.1, -0.05) is 6.92 Å². The fraction of sp³-hybridized carbons (Fsp3) is 0.571. The summed E-state index contributed by atoms with van der Waals surface area (Å²) in [5, 5.41) is 2.82. The Balaban J connectivity index is 1.99. The van der Waals surface area contributed by atoms with Crippen molar-refractivity contribution in [3.63, 3.8) is 0 Å². The highest BCUT2D eigenvalue weighted by Crippen LogP contribution is 2.38. The van der Waals surface area contributed by atoms with Crippen LogP contribution in [-0.4, -0.2) is 81.2 Å². The fourth-order valence-electron chi connectivity index (χ4n) is 3.79. The molecule has 0 saturated carbocycles. The molecule has 2 aliphatic rings. The highest BCUT2D eigenvalue weighted by molar-refractivity contribution is 6.08. The Morgan fingerprint density at radius 2 is 1.90 bits per heavy atom. The number of nitrogens with one attached hydrogen (secondary N) is 1. The van der Waals surface area contributed by atoms with Crippen LogP contribution in [-0.2, 0) is 14.3 Å². The summed E-state index contributed by atoms with van der Waals surface area (Å²) in [6.45, 7) is 8.31. The van der Waals surface area contributed by atoms with Crippen LogP contribution in [0.15, 0.2) is 23.2 Å². The zero-order valence-corrected chi connectivity index (χ0v) is 18.0. The number of hydrogen-bond donors (Lipinski definition) is 1. The molecule has 0 bridgehead atoms. The number of esters is 1. The van der Waals surface area contributed by atoms with Gasteiger partial charge in [0, 0.05) is 37.8 Å². The van der Waals surface area contributed by atoms with Gasteiger partial charge in [-0.2, -0.15) is 0 Å². The standard InChI is InChI=1S/C21H30N4O5/c1-5-24-9-11-25(12-10-24)21-22-18(17(19(26)23-21)20(27)30-6-2)15-8-7-14(28-3)13-16(15)29-4/h7-8,13,17-18H,5-6,9-12H2,1-4H3,(H,22,23,26)/t17-,18-/m1/s1. The van der Waals surface area contributed by atoms with Gasteiger partial charge in [0.1, 0.15) is 17.5 Å². The van der Waals surface area contributed by atoms with Crippen LogP contribution in [0.1, 0.15) is 25.5 Å². The fourth-order valence-corrected chi connectivity index (χ4v) is 3.79. The molecule has 2 atom stereocenters. The number of nitrogens with zero attached hydrogens (tertiary/aromatic N) is 3. The number of carbonyl (C=O) groups excluding carboxylic acids is 2. The molecule has 1 fully saturated rings. The van der Waals surface area contributed by atoms with Gasteiger partial charge in [0.05, 0.1) is 20.8 Å². The number of likely N-dealkylation sites (N-methyl/N-ethyl adjacent to an activating group) is 1. The van der Waals surface area contributed by atoms with E-state index in [1.807, 2.05) is 0 Å². The molecule has 9 nitrogen and oxygen atoms in total. The first kappa shape index (κ1) is 21.9. The first-order valence-corrected chi connectivity index (χ1v) is 10.3. The maximum absolute atomic E-state index is 13.0. The van der Waals surface area contributed by atoms with E-state index in [1.165, 1.54) is 7.11 Å². The summed E-state index contributed by atoms with van der Waals surface area (Å²) in [4.78, 5) is 34.8. The van der Waals surface area contributed by atoms with Gasteiger partial charge in [0.25, 0.3) is 0 Å². The van der Waals surface area contributed by atoms with Gasteiger partial charge >= 0.3 is 5.97 Å². The number of hydrogen-bond acceptors (Lipinski definition) is 8. The lowest BCUT2D eigenvalue weighted by Crippen LogP contribution is -2.57. The molecule has 0 radical (unpaired) electrons. The van der Waals surface area contributed by atoms with Gasteiger partial charge in [-0.25, -0.2) is 4.99 Å². The van der Waals surface area contributed by atoms with E-state index < -0.39 is 23.8 Å². The Kier molecular flexibility index (Phi) is 7.15. The Bertz CT molecular complexity index is 805. The number of guanidine groups is 1. The van der Waals surface area contributed by atoms with Crippen LogP contribution in [0, 0.1) is 5.92 Å². The lowest BCUT2D eigenvalue weighted by atomic mass is 9.90. The van der Waals surface area contributed by atoms with Crippen LogP contribution in [0.2, 0.25) is 0 Å². The third-order valence-corrected chi connectivity index (χ3v) is 5.51.